The molecule has 2 aromatic carbocycles. The predicted octanol–water partition coefficient (Wildman–Crippen LogP) is 4.50. The molecule has 22 heavy (non-hydrogen) atoms. The summed E-state index contributed by atoms with van der Waals surface area (Å²) in [5.41, 5.74) is 2.08. The van der Waals surface area contributed by atoms with Gasteiger partial charge in [0.1, 0.15) is 9.88 Å². The maximum absolute atomic E-state index is 12.2. The Hall–Kier alpha value is -1.98. The standard InChI is InChI=1S/C17H13BrN2OS/c18-14-8-4-5-12(9-14)10-19-16(21)15-11-20-17(22-15)13-6-2-1-3-7-13/h1-9,11H,10H2,(H,19,21). The fraction of sp³-hybridized carbons (Fsp3) is 0.0588. The van der Waals surface area contributed by atoms with Gasteiger partial charge in [-0.1, -0.05) is 58.4 Å². The molecular weight excluding hydrogens is 360 g/mol. The summed E-state index contributed by atoms with van der Waals surface area (Å²) in [6.45, 7) is 0.497. The van der Waals surface area contributed by atoms with E-state index < -0.39 is 0 Å². The summed E-state index contributed by atoms with van der Waals surface area (Å²) in [6, 6.07) is 17.7. The highest BCUT2D eigenvalue weighted by atomic mass is 79.9. The van der Waals surface area contributed by atoms with Crippen LogP contribution in [0.15, 0.2) is 65.3 Å². The van der Waals surface area contributed by atoms with Crippen molar-refractivity contribution in [2.75, 3.05) is 0 Å². The molecule has 5 heteroatoms. The van der Waals surface area contributed by atoms with Gasteiger partial charge >= 0.3 is 0 Å². The summed E-state index contributed by atoms with van der Waals surface area (Å²) in [5, 5.41) is 3.77. The number of thiazole rings is 1. The van der Waals surface area contributed by atoms with Gasteiger partial charge in [0, 0.05) is 16.6 Å². The minimum atomic E-state index is -0.0975. The van der Waals surface area contributed by atoms with E-state index >= 15 is 0 Å². The first-order valence-electron chi connectivity index (χ1n) is 6.76. The highest BCUT2D eigenvalue weighted by Gasteiger charge is 2.11. The third-order valence-electron chi connectivity index (χ3n) is 3.09. The fourth-order valence-corrected chi connectivity index (χ4v) is 3.29. The van der Waals surface area contributed by atoms with Crippen LogP contribution in [0, 0.1) is 0 Å². The third kappa shape index (κ3) is 3.61. The van der Waals surface area contributed by atoms with Crippen LogP contribution in [-0.2, 0) is 6.54 Å². The van der Waals surface area contributed by atoms with Crippen LogP contribution in [0.2, 0.25) is 0 Å². The Balaban J connectivity index is 1.67. The molecule has 0 saturated carbocycles. The monoisotopic (exact) mass is 372 g/mol. The molecule has 0 radical (unpaired) electrons. The molecule has 3 nitrogen and oxygen atoms in total. The van der Waals surface area contributed by atoms with Gasteiger partial charge in [-0.15, -0.1) is 11.3 Å². The number of carbonyl (C=O) groups excluding carboxylic acids is 1. The molecule has 0 unspecified atom stereocenters. The van der Waals surface area contributed by atoms with Gasteiger partial charge < -0.3 is 5.32 Å². The Kier molecular flexibility index (Phi) is 4.65. The second-order valence-corrected chi connectivity index (χ2v) is 6.65. The average Bonchev–Trinajstić information content (AvgIpc) is 3.04. The first-order chi connectivity index (χ1) is 10.7. The van der Waals surface area contributed by atoms with E-state index in [2.05, 4.69) is 26.2 Å². The molecule has 1 aromatic heterocycles. The molecule has 0 fully saturated rings. The van der Waals surface area contributed by atoms with E-state index in [0.717, 1.165) is 20.6 Å². The molecule has 0 aliphatic carbocycles. The Morgan fingerprint density at radius 3 is 2.73 bits per heavy atom. The van der Waals surface area contributed by atoms with Crippen LogP contribution < -0.4 is 5.32 Å². The first kappa shape index (κ1) is 14.9. The smallest absolute Gasteiger partial charge is 0.263 e. The van der Waals surface area contributed by atoms with E-state index in [1.54, 1.807) is 6.20 Å². The van der Waals surface area contributed by atoms with E-state index in [-0.39, 0.29) is 5.91 Å². The summed E-state index contributed by atoms with van der Waals surface area (Å²) in [5.74, 6) is -0.0975. The number of benzene rings is 2. The number of nitrogens with zero attached hydrogens (tertiary/aromatic N) is 1. The molecular formula is C17H13BrN2OS. The summed E-state index contributed by atoms with van der Waals surface area (Å²) in [7, 11) is 0. The molecule has 0 aliphatic rings. The van der Waals surface area contributed by atoms with Gasteiger partial charge in [0.25, 0.3) is 5.91 Å². The molecule has 0 bridgehead atoms. The zero-order chi connectivity index (χ0) is 15.4. The molecule has 110 valence electrons. The SMILES string of the molecule is O=C(NCc1cccc(Br)c1)c1cnc(-c2ccccc2)s1. The average molecular weight is 373 g/mol. The van der Waals surface area contributed by atoms with Crippen molar-refractivity contribution in [3.05, 3.63) is 75.7 Å². The van der Waals surface area contributed by atoms with Crippen LogP contribution >= 0.6 is 27.3 Å². The highest BCUT2D eigenvalue weighted by molar-refractivity contribution is 9.10. The molecule has 3 rings (SSSR count). The summed E-state index contributed by atoms with van der Waals surface area (Å²) >= 11 is 4.82. The van der Waals surface area contributed by atoms with Gasteiger partial charge in [0.05, 0.1) is 6.20 Å². The number of amides is 1. The molecule has 0 spiro atoms. The van der Waals surface area contributed by atoms with Crippen LogP contribution in [0.25, 0.3) is 10.6 Å². The minimum absolute atomic E-state index is 0.0975. The first-order valence-corrected chi connectivity index (χ1v) is 8.37. The van der Waals surface area contributed by atoms with Crippen molar-refractivity contribution >= 4 is 33.2 Å². The largest absolute Gasteiger partial charge is 0.347 e. The maximum atomic E-state index is 12.2. The fourth-order valence-electron chi connectivity index (χ4n) is 2.01. The van der Waals surface area contributed by atoms with Crippen LogP contribution in [0.4, 0.5) is 0 Å². The van der Waals surface area contributed by atoms with Gasteiger partial charge in [-0.25, -0.2) is 4.98 Å². The summed E-state index contributed by atoms with van der Waals surface area (Å²) < 4.78 is 1.00. The normalized spacial score (nSPS) is 10.4. The lowest BCUT2D eigenvalue weighted by Gasteiger charge is -2.03. The number of halogens is 1. The van der Waals surface area contributed by atoms with Gasteiger partial charge in [-0.3, -0.25) is 4.79 Å². The molecule has 0 saturated heterocycles. The predicted molar refractivity (Wildman–Crippen MR) is 92.9 cm³/mol. The van der Waals surface area contributed by atoms with Crippen molar-refractivity contribution in [3.8, 4) is 10.6 Å². The molecule has 0 atom stereocenters. The Labute approximate surface area is 141 Å². The Morgan fingerprint density at radius 2 is 1.95 bits per heavy atom. The Bertz CT molecular complexity index is 786. The number of hydrogen-bond acceptors (Lipinski definition) is 3. The van der Waals surface area contributed by atoms with Crippen LogP contribution in [-0.4, -0.2) is 10.9 Å². The van der Waals surface area contributed by atoms with Gasteiger partial charge in [0.15, 0.2) is 0 Å². The third-order valence-corrected chi connectivity index (χ3v) is 4.63. The van der Waals surface area contributed by atoms with E-state index in [1.165, 1.54) is 11.3 Å². The van der Waals surface area contributed by atoms with Crippen molar-refractivity contribution in [1.29, 1.82) is 0 Å². The number of carbonyl (C=O) groups is 1. The Morgan fingerprint density at radius 1 is 1.14 bits per heavy atom. The van der Waals surface area contributed by atoms with Crippen molar-refractivity contribution < 1.29 is 4.79 Å². The van der Waals surface area contributed by atoms with Crippen LogP contribution in [0.3, 0.4) is 0 Å². The van der Waals surface area contributed by atoms with Crippen molar-refractivity contribution in [2.45, 2.75) is 6.54 Å². The lowest BCUT2D eigenvalue weighted by Crippen LogP contribution is -2.21. The molecule has 1 heterocycles. The zero-order valence-electron chi connectivity index (χ0n) is 11.6. The summed E-state index contributed by atoms with van der Waals surface area (Å²) in [6.07, 6.45) is 1.63. The number of hydrogen-bond donors (Lipinski definition) is 1. The number of nitrogens with one attached hydrogen (secondary N) is 1. The molecule has 1 N–H and O–H groups in total. The maximum Gasteiger partial charge on any atom is 0.263 e. The van der Waals surface area contributed by atoms with E-state index in [4.69, 9.17) is 0 Å². The minimum Gasteiger partial charge on any atom is -0.347 e. The second kappa shape index (κ2) is 6.85. The summed E-state index contributed by atoms with van der Waals surface area (Å²) in [4.78, 5) is 17.1. The van der Waals surface area contributed by atoms with Gasteiger partial charge in [0.2, 0.25) is 0 Å². The quantitative estimate of drug-likeness (QED) is 0.732. The van der Waals surface area contributed by atoms with Crippen molar-refractivity contribution in [2.24, 2.45) is 0 Å². The van der Waals surface area contributed by atoms with E-state index in [0.29, 0.717) is 11.4 Å². The molecule has 1 amide bonds. The molecule has 0 aliphatic heterocycles. The topological polar surface area (TPSA) is 42.0 Å². The van der Waals surface area contributed by atoms with Gasteiger partial charge in [-0.05, 0) is 17.7 Å². The van der Waals surface area contributed by atoms with Crippen molar-refractivity contribution in [3.63, 3.8) is 0 Å². The lowest BCUT2D eigenvalue weighted by molar-refractivity contribution is 0.0955. The highest BCUT2D eigenvalue weighted by Crippen LogP contribution is 2.24. The number of rotatable bonds is 4. The van der Waals surface area contributed by atoms with Crippen molar-refractivity contribution in [1.82, 2.24) is 10.3 Å². The van der Waals surface area contributed by atoms with E-state index in [9.17, 15) is 4.79 Å². The second-order valence-electron chi connectivity index (χ2n) is 4.71. The van der Waals surface area contributed by atoms with E-state index in [1.807, 2.05) is 54.6 Å². The zero-order valence-corrected chi connectivity index (χ0v) is 14.0. The lowest BCUT2D eigenvalue weighted by atomic mass is 10.2. The van der Waals surface area contributed by atoms with Crippen LogP contribution in [0.5, 0.6) is 0 Å². The van der Waals surface area contributed by atoms with Crippen LogP contribution in [0.1, 0.15) is 15.2 Å². The number of aromatic nitrogens is 1. The molecule has 3 aromatic rings. The van der Waals surface area contributed by atoms with Gasteiger partial charge in [-0.2, -0.15) is 0 Å².